The number of hydrogen-bond acceptors (Lipinski definition) is 3. The van der Waals surface area contributed by atoms with Crippen LogP contribution >= 0.6 is 11.8 Å². The fourth-order valence-electron chi connectivity index (χ4n) is 2.17. The molecule has 1 aliphatic carbocycles. The molecule has 2 atom stereocenters. The fraction of sp³-hybridized carbons (Fsp3) is 1.00. The standard InChI is InChI=1S/C8H13NOS/c10-7(3-4-7)6-8(11-6)2-1-5-9-8/h6,9-10H,1-5H2. The molecule has 2 N–H and O–H groups in total. The minimum atomic E-state index is -0.262. The maximum Gasteiger partial charge on any atom is 0.0799 e. The first-order valence-electron chi connectivity index (χ1n) is 4.40. The van der Waals surface area contributed by atoms with E-state index in [1.54, 1.807) is 0 Å². The van der Waals surface area contributed by atoms with Gasteiger partial charge in [0.05, 0.1) is 15.7 Å². The molecule has 2 unspecified atom stereocenters. The van der Waals surface area contributed by atoms with E-state index in [1.165, 1.54) is 12.8 Å². The maximum atomic E-state index is 9.83. The summed E-state index contributed by atoms with van der Waals surface area (Å²) in [5.41, 5.74) is -0.262. The second kappa shape index (κ2) is 1.78. The lowest BCUT2D eigenvalue weighted by molar-refractivity contribution is 0.145. The van der Waals surface area contributed by atoms with Crippen molar-refractivity contribution in [3.8, 4) is 0 Å². The van der Waals surface area contributed by atoms with Crippen molar-refractivity contribution in [2.45, 2.75) is 41.4 Å². The van der Waals surface area contributed by atoms with Crippen LogP contribution in [0.25, 0.3) is 0 Å². The van der Waals surface area contributed by atoms with Crippen molar-refractivity contribution < 1.29 is 5.11 Å². The highest BCUT2D eigenvalue weighted by atomic mass is 32.2. The average molecular weight is 171 g/mol. The summed E-state index contributed by atoms with van der Waals surface area (Å²) in [7, 11) is 0. The Hall–Kier alpha value is 0.270. The van der Waals surface area contributed by atoms with Crippen LogP contribution in [0.2, 0.25) is 0 Å². The van der Waals surface area contributed by atoms with Crippen LogP contribution in [0.5, 0.6) is 0 Å². The molecule has 3 rings (SSSR count). The first kappa shape index (κ1) is 6.75. The zero-order valence-electron chi connectivity index (χ0n) is 6.47. The van der Waals surface area contributed by atoms with Crippen LogP contribution in [0.15, 0.2) is 0 Å². The Balaban J connectivity index is 1.76. The molecule has 1 saturated carbocycles. The number of aliphatic hydroxyl groups is 1. The number of hydrogen-bond donors (Lipinski definition) is 2. The van der Waals surface area contributed by atoms with Crippen molar-refractivity contribution in [3.05, 3.63) is 0 Å². The zero-order valence-corrected chi connectivity index (χ0v) is 7.28. The summed E-state index contributed by atoms with van der Waals surface area (Å²) in [4.78, 5) is 0.325. The maximum absolute atomic E-state index is 9.83. The van der Waals surface area contributed by atoms with Crippen LogP contribution in [0.1, 0.15) is 25.7 Å². The van der Waals surface area contributed by atoms with E-state index in [4.69, 9.17) is 0 Å². The first-order valence-corrected chi connectivity index (χ1v) is 5.28. The summed E-state index contributed by atoms with van der Waals surface area (Å²) in [6, 6.07) is 0. The topological polar surface area (TPSA) is 32.3 Å². The molecule has 1 spiro atoms. The van der Waals surface area contributed by atoms with Gasteiger partial charge in [-0.05, 0) is 32.2 Å². The third-order valence-corrected chi connectivity index (χ3v) is 4.92. The second-order valence-corrected chi connectivity index (χ2v) is 5.46. The summed E-state index contributed by atoms with van der Waals surface area (Å²) in [6.07, 6.45) is 4.63. The summed E-state index contributed by atoms with van der Waals surface area (Å²) in [5, 5.41) is 13.9. The summed E-state index contributed by atoms with van der Waals surface area (Å²) in [6.45, 7) is 1.15. The molecule has 0 aromatic carbocycles. The zero-order chi connectivity index (χ0) is 7.53. The highest BCUT2D eigenvalue weighted by Crippen LogP contribution is 2.66. The molecular weight excluding hydrogens is 158 g/mol. The largest absolute Gasteiger partial charge is 0.389 e. The van der Waals surface area contributed by atoms with Gasteiger partial charge >= 0.3 is 0 Å². The molecule has 2 aliphatic heterocycles. The van der Waals surface area contributed by atoms with Crippen LogP contribution in [0, 0.1) is 0 Å². The molecule has 62 valence electrons. The molecule has 0 radical (unpaired) electrons. The smallest absolute Gasteiger partial charge is 0.0799 e. The molecule has 2 heterocycles. The Labute approximate surface area is 70.7 Å². The number of rotatable bonds is 1. The van der Waals surface area contributed by atoms with Crippen LogP contribution in [0.3, 0.4) is 0 Å². The van der Waals surface area contributed by atoms with Crippen molar-refractivity contribution >= 4 is 11.8 Å². The van der Waals surface area contributed by atoms with Crippen LogP contribution in [-0.2, 0) is 0 Å². The van der Waals surface area contributed by atoms with Gasteiger partial charge in [-0.15, -0.1) is 11.8 Å². The molecule has 3 heteroatoms. The van der Waals surface area contributed by atoms with Crippen LogP contribution in [-0.4, -0.2) is 27.4 Å². The van der Waals surface area contributed by atoms with E-state index in [-0.39, 0.29) is 5.60 Å². The number of thioether (sulfide) groups is 1. The minimum Gasteiger partial charge on any atom is -0.389 e. The van der Waals surface area contributed by atoms with E-state index in [2.05, 4.69) is 5.32 Å². The van der Waals surface area contributed by atoms with Gasteiger partial charge in [-0.25, -0.2) is 0 Å². The lowest BCUT2D eigenvalue weighted by Crippen LogP contribution is -2.33. The summed E-state index contributed by atoms with van der Waals surface area (Å²) >= 11 is 1.95. The fourth-order valence-corrected chi connectivity index (χ4v) is 3.85. The van der Waals surface area contributed by atoms with E-state index < -0.39 is 0 Å². The van der Waals surface area contributed by atoms with Gasteiger partial charge in [-0.1, -0.05) is 0 Å². The Bertz CT molecular complexity index is 196. The van der Waals surface area contributed by atoms with Gasteiger partial charge in [0.2, 0.25) is 0 Å². The predicted octanol–water partition coefficient (Wildman–Crippen LogP) is 0.706. The SMILES string of the molecule is OC1(C2SC23CCCN3)CC1. The average Bonchev–Trinajstić information content (AvgIpc) is 2.76. The molecule has 0 aromatic heterocycles. The van der Waals surface area contributed by atoms with E-state index >= 15 is 0 Å². The molecule has 0 amide bonds. The van der Waals surface area contributed by atoms with E-state index in [1.807, 2.05) is 11.8 Å². The van der Waals surface area contributed by atoms with Crippen LogP contribution in [0.4, 0.5) is 0 Å². The lowest BCUT2D eigenvalue weighted by Gasteiger charge is -2.10. The molecule has 11 heavy (non-hydrogen) atoms. The van der Waals surface area contributed by atoms with E-state index in [0.717, 1.165) is 19.4 Å². The van der Waals surface area contributed by atoms with Crippen molar-refractivity contribution in [1.29, 1.82) is 0 Å². The second-order valence-electron chi connectivity index (χ2n) is 4.02. The normalized spacial score (nSPS) is 51.5. The van der Waals surface area contributed by atoms with Gasteiger partial charge in [0.1, 0.15) is 0 Å². The monoisotopic (exact) mass is 171 g/mol. The Morgan fingerprint density at radius 3 is 2.73 bits per heavy atom. The Kier molecular flexibility index (Phi) is 1.09. The molecular formula is C8H13NOS. The third-order valence-electron chi connectivity index (χ3n) is 3.09. The van der Waals surface area contributed by atoms with Gasteiger partial charge in [0, 0.05) is 0 Å². The molecule has 0 aromatic rings. The molecule has 3 aliphatic rings. The van der Waals surface area contributed by atoms with Gasteiger partial charge in [0.15, 0.2) is 0 Å². The van der Waals surface area contributed by atoms with Crippen molar-refractivity contribution in [3.63, 3.8) is 0 Å². The van der Waals surface area contributed by atoms with Crippen molar-refractivity contribution in [1.82, 2.24) is 5.32 Å². The van der Waals surface area contributed by atoms with E-state index in [9.17, 15) is 5.11 Å². The van der Waals surface area contributed by atoms with Gasteiger partial charge in [-0.3, -0.25) is 0 Å². The Morgan fingerprint density at radius 2 is 2.18 bits per heavy atom. The first-order chi connectivity index (χ1) is 5.25. The van der Waals surface area contributed by atoms with Crippen molar-refractivity contribution in [2.75, 3.05) is 6.54 Å². The molecule has 0 bridgehead atoms. The molecule has 3 fully saturated rings. The predicted molar refractivity (Wildman–Crippen MR) is 45.5 cm³/mol. The number of nitrogens with one attached hydrogen (secondary N) is 1. The molecule has 2 nitrogen and oxygen atoms in total. The molecule has 2 saturated heterocycles. The van der Waals surface area contributed by atoms with Crippen molar-refractivity contribution in [2.24, 2.45) is 0 Å². The summed E-state index contributed by atoms with van der Waals surface area (Å²) < 4.78 is 0. The Morgan fingerprint density at radius 1 is 1.36 bits per heavy atom. The highest BCUT2D eigenvalue weighted by Gasteiger charge is 2.69. The van der Waals surface area contributed by atoms with Gasteiger partial charge in [-0.2, -0.15) is 0 Å². The van der Waals surface area contributed by atoms with Crippen LogP contribution < -0.4 is 5.32 Å². The minimum absolute atomic E-state index is 0.262. The quantitative estimate of drug-likeness (QED) is 0.570. The highest BCUT2D eigenvalue weighted by molar-refractivity contribution is 8.08. The van der Waals surface area contributed by atoms with E-state index in [0.29, 0.717) is 10.1 Å². The third kappa shape index (κ3) is 0.820. The van der Waals surface area contributed by atoms with Gasteiger partial charge in [0.25, 0.3) is 0 Å². The summed E-state index contributed by atoms with van der Waals surface area (Å²) in [5.74, 6) is 0. The lowest BCUT2D eigenvalue weighted by atomic mass is 10.1. The van der Waals surface area contributed by atoms with Gasteiger partial charge < -0.3 is 10.4 Å².